The third-order valence-corrected chi connectivity index (χ3v) is 3.90. The molecule has 22 heavy (non-hydrogen) atoms. The lowest BCUT2D eigenvalue weighted by atomic mass is 9.81. The summed E-state index contributed by atoms with van der Waals surface area (Å²) in [6.45, 7) is 0. The van der Waals surface area contributed by atoms with Gasteiger partial charge in [0, 0.05) is 16.2 Å². The van der Waals surface area contributed by atoms with E-state index >= 15 is 0 Å². The molecule has 0 saturated carbocycles. The van der Waals surface area contributed by atoms with Crippen molar-refractivity contribution in [1.82, 2.24) is 0 Å². The van der Waals surface area contributed by atoms with Crippen LogP contribution in [0.2, 0.25) is 0 Å². The molecule has 0 bridgehead atoms. The predicted molar refractivity (Wildman–Crippen MR) is 72.1 cm³/mol. The Labute approximate surface area is 126 Å². The van der Waals surface area contributed by atoms with E-state index in [9.17, 15) is 22.0 Å². The van der Waals surface area contributed by atoms with Crippen LogP contribution >= 0.6 is 11.8 Å². The molecule has 0 unspecified atom stereocenters. The number of hydrogen-bond acceptors (Lipinski definition) is 3. The highest BCUT2D eigenvalue weighted by Crippen LogP contribution is 2.29. The standard InChI is InChI=1S/C13H8BF5O2S/c15-9-8(10(16)12(18)13(19)11(9)17)5-22-7-3-1-6(2-4-7)14(20)21/h1-4,20-21H,5H2. The van der Waals surface area contributed by atoms with E-state index < -0.39 is 47.5 Å². The van der Waals surface area contributed by atoms with Crippen molar-refractivity contribution >= 4 is 24.3 Å². The van der Waals surface area contributed by atoms with Gasteiger partial charge in [0.1, 0.15) is 0 Å². The van der Waals surface area contributed by atoms with Gasteiger partial charge < -0.3 is 10.0 Å². The van der Waals surface area contributed by atoms with Crippen molar-refractivity contribution in [3.63, 3.8) is 0 Å². The SMILES string of the molecule is OB(O)c1ccc(SCc2c(F)c(F)c(F)c(F)c2F)cc1. The maximum absolute atomic E-state index is 13.5. The number of hydrogen-bond donors (Lipinski definition) is 2. The molecule has 2 N–H and O–H groups in total. The van der Waals surface area contributed by atoms with Crippen LogP contribution in [0.25, 0.3) is 0 Å². The van der Waals surface area contributed by atoms with Gasteiger partial charge >= 0.3 is 7.12 Å². The Morgan fingerprint density at radius 1 is 0.773 bits per heavy atom. The van der Waals surface area contributed by atoms with Crippen molar-refractivity contribution in [2.24, 2.45) is 0 Å². The summed E-state index contributed by atoms with van der Waals surface area (Å²) in [5.74, 6) is -10.3. The normalized spacial score (nSPS) is 10.9. The van der Waals surface area contributed by atoms with Crippen molar-refractivity contribution in [1.29, 1.82) is 0 Å². The van der Waals surface area contributed by atoms with E-state index in [-0.39, 0.29) is 5.46 Å². The van der Waals surface area contributed by atoms with Crippen LogP contribution in [-0.4, -0.2) is 17.2 Å². The fraction of sp³-hybridized carbons (Fsp3) is 0.0769. The molecule has 0 radical (unpaired) electrons. The van der Waals surface area contributed by atoms with Crippen LogP contribution in [0.4, 0.5) is 22.0 Å². The first-order chi connectivity index (χ1) is 10.3. The van der Waals surface area contributed by atoms with Gasteiger partial charge in [-0.25, -0.2) is 22.0 Å². The zero-order valence-electron chi connectivity index (χ0n) is 10.8. The number of thioether (sulfide) groups is 1. The topological polar surface area (TPSA) is 40.5 Å². The fourth-order valence-electron chi connectivity index (χ4n) is 1.67. The summed E-state index contributed by atoms with van der Waals surface area (Å²) < 4.78 is 65.9. The van der Waals surface area contributed by atoms with Crippen molar-refractivity contribution in [2.75, 3.05) is 0 Å². The first-order valence-electron chi connectivity index (χ1n) is 5.92. The van der Waals surface area contributed by atoms with E-state index in [0.29, 0.717) is 4.90 Å². The minimum atomic E-state index is -2.19. The van der Waals surface area contributed by atoms with Crippen LogP contribution in [-0.2, 0) is 5.75 Å². The van der Waals surface area contributed by atoms with E-state index in [1.807, 2.05) is 0 Å². The van der Waals surface area contributed by atoms with Crippen LogP contribution in [0, 0.1) is 29.1 Å². The molecule has 0 saturated heterocycles. The third kappa shape index (κ3) is 3.26. The van der Waals surface area contributed by atoms with Crippen molar-refractivity contribution in [3.05, 3.63) is 58.9 Å². The summed E-state index contributed by atoms with van der Waals surface area (Å²) >= 11 is 0.846. The molecule has 2 aromatic rings. The summed E-state index contributed by atoms with van der Waals surface area (Å²) in [5.41, 5.74) is -0.701. The average Bonchev–Trinajstić information content (AvgIpc) is 2.51. The van der Waals surface area contributed by atoms with Gasteiger partial charge in [-0.2, -0.15) is 0 Å². The lowest BCUT2D eigenvalue weighted by Gasteiger charge is -2.08. The Hall–Kier alpha value is -1.58. The van der Waals surface area contributed by atoms with Gasteiger partial charge in [0.15, 0.2) is 23.3 Å². The Morgan fingerprint density at radius 2 is 1.23 bits per heavy atom. The summed E-state index contributed by atoms with van der Waals surface area (Å²) in [6.07, 6.45) is 0. The highest BCUT2D eigenvalue weighted by molar-refractivity contribution is 7.98. The summed E-state index contributed by atoms with van der Waals surface area (Å²) in [5, 5.41) is 17.8. The molecule has 2 rings (SSSR count). The van der Waals surface area contributed by atoms with Crippen LogP contribution in [0.15, 0.2) is 29.2 Å². The average molecular weight is 334 g/mol. The van der Waals surface area contributed by atoms with Gasteiger partial charge in [-0.15, -0.1) is 11.8 Å². The minimum Gasteiger partial charge on any atom is -0.423 e. The van der Waals surface area contributed by atoms with Gasteiger partial charge in [0.05, 0.1) is 0 Å². The van der Waals surface area contributed by atoms with Gasteiger partial charge in [0.2, 0.25) is 5.82 Å². The predicted octanol–water partition coefficient (Wildman–Crippen LogP) is 2.35. The molecule has 9 heteroatoms. The molecule has 0 aliphatic heterocycles. The van der Waals surface area contributed by atoms with Gasteiger partial charge in [-0.1, -0.05) is 12.1 Å². The van der Waals surface area contributed by atoms with Gasteiger partial charge in [0.25, 0.3) is 0 Å². The molecule has 116 valence electrons. The van der Waals surface area contributed by atoms with E-state index in [4.69, 9.17) is 10.0 Å². The summed E-state index contributed by atoms with van der Waals surface area (Å²) in [7, 11) is -1.66. The van der Waals surface area contributed by atoms with Crippen molar-refractivity contribution in [3.8, 4) is 0 Å². The maximum atomic E-state index is 13.5. The second kappa shape index (κ2) is 6.68. The molecule has 2 aromatic carbocycles. The van der Waals surface area contributed by atoms with Crippen LogP contribution in [0.5, 0.6) is 0 Å². The third-order valence-electron chi connectivity index (χ3n) is 2.86. The highest BCUT2D eigenvalue weighted by Gasteiger charge is 2.25. The molecule has 2 nitrogen and oxygen atoms in total. The van der Waals surface area contributed by atoms with Crippen LogP contribution in [0.3, 0.4) is 0 Å². The summed E-state index contributed by atoms with van der Waals surface area (Å²) in [6, 6.07) is 5.61. The highest BCUT2D eigenvalue weighted by atomic mass is 32.2. The lowest BCUT2D eigenvalue weighted by molar-refractivity contribution is 0.372. The zero-order chi connectivity index (χ0) is 16.4. The Morgan fingerprint density at radius 3 is 1.68 bits per heavy atom. The first kappa shape index (κ1) is 16.8. The zero-order valence-corrected chi connectivity index (χ0v) is 11.6. The molecule has 0 atom stereocenters. The van der Waals surface area contributed by atoms with Crippen molar-refractivity contribution in [2.45, 2.75) is 10.6 Å². The molecule has 0 amide bonds. The quantitative estimate of drug-likeness (QED) is 0.297. The molecule has 0 heterocycles. The fourth-order valence-corrected chi connectivity index (χ4v) is 2.56. The molecule has 0 aromatic heterocycles. The Kier molecular flexibility index (Phi) is 5.10. The second-order valence-electron chi connectivity index (χ2n) is 4.28. The second-order valence-corrected chi connectivity index (χ2v) is 5.33. The van der Waals surface area contributed by atoms with Gasteiger partial charge in [-0.05, 0) is 17.6 Å². The van der Waals surface area contributed by atoms with Crippen LogP contribution in [0.1, 0.15) is 5.56 Å². The number of halogens is 5. The Bertz CT molecular complexity index is 665. The number of rotatable bonds is 4. The largest absolute Gasteiger partial charge is 0.488 e. The minimum absolute atomic E-state index is 0.209. The Balaban J connectivity index is 2.22. The van der Waals surface area contributed by atoms with Crippen LogP contribution < -0.4 is 5.46 Å². The molecular formula is C13H8BF5O2S. The van der Waals surface area contributed by atoms with E-state index in [1.54, 1.807) is 0 Å². The molecule has 0 aliphatic carbocycles. The first-order valence-corrected chi connectivity index (χ1v) is 6.90. The van der Waals surface area contributed by atoms with Crippen molar-refractivity contribution < 1.29 is 32.0 Å². The lowest BCUT2D eigenvalue weighted by Crippen LogP contribution is -2.29. The molecule has 0 fully saturated rings. The van der Waals surface area contributed by atoms with Gasteiger partial charge in [-0.3, -0.25) is 0 Å². The molecular weight excluding hydrogens is 326 g/mol. The van der Waals surface area contributed by atoms with E-state index in [1.165, 1.54) is 24.3 Å². The molecule has 0 aliphatic rings. The maximum Gasteiger partial charge on any atom is 0.488 e. The van der Waals surface area contributed by atoms with E-state index in [2.05, 4.69) is 0 Å². The summed E-state index contributed by atoms with van der Waals surface area (Å²) in [4.78, 5) is 0.466. The monoisotopic (exact) mass is 334 g/mol. The molecule has 0 spiro atoms. The smallest absolute Gasteiger partial charge is 0.423 e. The van der Waals surface area contributed by atoms with E-state index in [0.717, 1.165) is 11.8 Å². The number of benzene rings is 2.